The van der Waals surface area contributed by atoms with Gasteiger partial charge in [-0.25, -0.2) is 0 Å². The number of benzene rings is 8. The van der Waals surface area contributed by atoms with Gasteiger partial charge in [-0.2, -0.15) is 0 Å². The Labute approximate surface area is 280 Å². The number of hydrogen-bond acceptors (Lipinski definition) is 3. The molecule has 0 spiro atoms. The molecule has 0 aliphatic heterocycles. The predicted molar refractivity (Wildman–Crippen MR) is 202 cm³/mol. The van der Waals surface area contributed by atoms with E-state index in [4.69, 9.17) is 13.3 Å². The van der Waals surface area contributed by atoms with Crippen LogP contribution in [0.5, 0.6) is 0 Å². The minimum atomic E-state index is 0.820. The van der Waals surface area contributed by atoms with Crippen LogP contribution in [0, 0.1) is 0 Å². The van der Waals surface area contributed by atoms with Crippen molar-refractivity contribution in [3.63, 3.8) is 0 Å². The van der Waals surface area contributed by atoms with Crippen LogP contribution < -0.4 is 0 Å². The molecule has 0 aliphatic rings. The van der Waals surface area contributed by atoms with Gasteiger partial charge in [0.15, 0.2) is 0 Å². The summed E-state index contributed by atoms with van der Waals surface area (Å²) in [4.78, 5) is 0. The Morgan fingerprint density at radius 2 is 0.816 bits per heavy atom. The molecule has 0 unspecified atom stereocenters. The minimum Gasteiger partial charge on any atom is -0.464 e. The topological polar surface area (TPSA) is 39.4 Å². The normalized spacial score (nSPS) is 12.1. The van der Waals surface area contributed by atoms with Gasteiger partial charge in [0.2, 0.25) is 0 Å². The Hall–Kier alpha value is -6.58. The molecular formula is C46H26O3. The summed E-state index contributed by atoms with van der Waals surface area (Å²) in [5.41, 5.74) is 11.2. The van der Waals surface area contributed by atoms with Gasteiger partial charge in [0.05, 0.1) is 6.26 Å². The maximum absolute atomic E-state index is 6.75. The van der Waals surface area contributed by atoms with E-state index >= 15 is 0 Å². The number of furan rings is 3. The summed E-state index contributed by atoms with van der Waals surface area (Å²) in [6, 6.07) is 53.7. The fraction of sp³-hybridized carbons (Fsp3) is 0. The predicted octanol–water partition coefficient (Wildman–Crippen LogP) is 13.5. The van der Waals surface area contributed by atoms with Gasteiger partial charge in [-0.15, -0.1) is 0 Å². The van der Waals surface area contributed by atoms with Gasteiger partial charge < -0.3 is 13.3 Å². The van der Waals surface area contributed by atoms with Crippen LogP contribution >= 0.6 is 0 Å². The van der Waals surface area contributed by atoms with Gasteiger partial charge in [-0.1, -0.05) is 121 Å². The molecule has 3 aromatic heterocycles. The zero-order chi connectivity index (χ0) is 32.1. The Morgan fingerprint density at radius 3 is 1.59 bits per heavy atom. The zero-order valence-corrected chi connectivity index (χ0v) is 26.2. The molecule has 11 aromatic rings. The lowest BCUT2D eigenvalue weighted by molar-refractivity contribution is 0.616. The first-order valence-electron chi connectivity index (χ1n) is 16.6. The van der Waals surface area contributed by atoms with Crippen molar-refractivity contribution in [3.05, 3.63) is 158 Å². The molecule has 8 aromatic carbocycles. The molecule has 228 valence electrons. The Morgan fingerprint density at radius 1 is 0.286 bits per heavy atom. The van der Waals surface area contributed by atoms with Gasteiger partial charge in [0.25, 0.3) is 0 Å². The van der Waals surface area contributed by atoms with Crippen LogP contribution in [0.25, 0.3) is 110 Å². The molecule has 0 amide bonds. The third-order valence-electron chi connectivity index (χ3n) is 10.2. The van der Waals surface area contributed by atoms with E-state index in [0.717, 1.165) is 71.5 Å². The summed E-state index contributed by atoms with van der Waals surface area (Å²) in [5, 5.41) is 10.3. The van der Waals surface area contributed by atoms with Crippen molar-refractivity contribution in [2.45, 2.75) is 0 Å². The lowest BCUT2D eigenvalue weighted by Gasteiger charge is -2.20. The Bertz CT molecular complexity index is 3060. The molecule has 11 rings (SSSR count). The van der Waals surface area contributed by atoms with E-state index in [1.54, 1.807) is 6.26 Å². The number of rotatable bonds is 3. The van der Waals surface area contributed by atoms with Crippen LogP contribution in [0.1, 0.15) is 0 Å². The van der Waals surface area contributed by atoms with E-state index in [-0.39, 0.29) is 0 Å². The van der Waals surface area contributed by atoms with Crippen LogP contribution in [0.2, 0.25) is 0 Å². The number of para-hydroxylation sites is 2. The molecule has 3 nitrogen and oxygen atoms in total. The van der Waals surface area contributed by atoms with Crippen molar-refractivity contribution in [2.75, 3.05) is 0 Å². The summed E-state index contributed by atoms with van der Waals surface area (Å²) in [5.74, 6) is 0. The van der Waals surface area contributed by atoms with E-state index in [1.165, 1.54) is 38.2 Å². The highest BCUT2D eigenvalue weighted by atomic mass is 16.3. The van der Waals surface area contributed by atoms with Crippen LogP contribution in [-0.4, -0.2) is 0 Å². The first-order valence-corrected chi connectivity index (χ1v) is 16.6. The highest BCUT2D eigenvalue weighted by molar-refractivity contribution is 6.25. The molecule has 3 heterocycles. The van der Waals surface area contributed by atoms with Crippen molar-refractivity contribution in [1.82, 2.24) is 0 Å². The third-order valence-corrected chi connectivity index (χ3v) is 10.2. The van der Waals surface area contributed by atoms with E-state index in [9.17, 15) is 0 Å². The minimum absolute atomic E-state index is 0.820. The molecule has 0 saturated carbocycles. The largest absolute Gasteiger partial charge is 0.464 e. The summed E-state index contributed by atoms with van der Waals surface area (Å²) >= 11 is 0. The summed E-state index contributed by atoms with van der Waals surface area (Å²) in [6.45, 7) is 0. The van der Waals surface area contributed by atoms with Gasteiger partial charge >= 0.3 is 0 Å². The van der Waals surface area contributed by atoms with E-state index in [0.29, 0.717) is 0 Å². The van der Waals surface area contributed by atoms with Crippen LogP contribution in [-0.2, 0) is 0 Å². The molecule has 0 fully saturated rings. The first kappa shape index (κ1) is 26.5. The van der Waals surface area contributed by atoms with Crippen molar-refractivity contribution in [1.29, 1.82) is 0 Å². The van der Waals surface area contributed by atoms with Crippen molar-refractivity contribution in [3.8, 4) is 33.4 Å². The lowest BCUT2D eigenvalue weighted by atomic mass is 9.83. The molecule has 3 heteroatoms. The van der Waals surface area contributed by atoms with Gasteiger partial charge in [-0.05, 0) is 73.6 Å². The third kappa shape index (κ3) is 3.73. The Kier molecular flexibility index (Phi) is 5.38. The average Bonchev–Trinajstić information content (AvgIpc) is 3.88. The number of fused-ring (bicyclic) bond motifs is 9. The second kappa shape index (κ2) is 9.96. The van der Waals surface area contributed by atoms with Gasteiger partial charge in [-0.3, -0.25) is 0 Å². The monoisotopic (exact) mass is 626 g/mol. The summed E-state index contributed by atoms with van der Waals surface area (Å²) in [7, 11) is 0. The first-order chi connectivity index (χ1) is 24.3. The molecule has 0 radical (unpaired) electrons. The molecule has 0 aliphatic carbocycles. The molecule has 0 N–H and O–H groups in total. The molecule has 0 bridgehead atoms. The fourth-order valence-electron chi connectivity index (χ4n) is 8.09. The fourth-order valence-corrected chi connectivity index (χ4v) is 8.09. The highest BCUT2D eigenvalue weighted by Crippen LogP contribution is 2.48. The van der Waals surface area contributed by atoms with E-state index in [2.05, 4.69) is 127 Å². The standard InChI is InChI=1S/C46H26O3/c1-2-13-30(27(11-1)36-19-9-20-37-39-25-38-28-12-7-8-21-41(28)48-42(38)26-43(39)49-46(36)37)44-32-14-3-5-16-34(32)45(35-17-6-4-15-33(35)44)31-18-10-22-40-29(31)23-24-47-40/h1-26H. The maximum atomic E-state index is 6.75. The second-order valence-electron chi connectivity index (χ2n) is 12.8. The quantitative estimate of drug-likeness (QED) is 0.183. The lowest BCUT2D eigenvalue weighted by Crippen LogP contribution is -1.93. The summed E-state index contributed by atoms with van der Waals surface area (Å²) in [6.07, 6.45) is 1.78. The van der Waals surface area contributed by atoms with Gasteiger partial charge in [0, 0.05) is 38.6 Å². The molecule has 0 saturated heterocycles. The molecular weight excluding hydrogens is 601 g/mol. The smallest absolute Gasteiger partial charge is 0.143 e. The summed E-state index contributed by atoms with van der Waals surface area (Å²) < 4.78 is 18.8. The van der Waals surface area contributed by atoms with Crippen molar-refractivity contribution in [2.24, 2.45) is 0 Å². The maximum Gasteiger partial charge on any atom is 0.143 e. The molecule has 49 heavy (non-hydrogen) atoms. The van der Waals surface area contributed by atoms with Crippen LogP contribution in [0.4, 0.5) is 0 Å². The van der Waals surface area contributed by atoms with Crippen LogP contribution in [0.15, 0.2) is 171 Å². The van der Waals surface area contributed by atoms with Crippen molar-refractivity contribution < 1.29 is 13.3 Å². The van der Waals surface area contributed by atoms with E-state index < -0.39 is 0 Å². The Balaban J connectivity index is 1.20. The molecule has 0 atom stereocenters. The SMILES string of the molecule is c1ccc(-c2cccc3c2oc2cc4oc5ccccc5c4cc23)c(-c2c3ccccc3c(-c3cccc4occc34)c3ccccc23)c1. The number of hydrogen-bond donors (Lipinski definition) is 0. The van der Waals surface area contributed by atoms with Gasteiger partial charge in [0.1, 0.15) is 27.9 Å². The van der Waals surface area contributed by atoms with Crippen LogP contribution in [0.3, 0.4) is 0 Å². The zero-order valence-electron chi connectivity index (χ0n) is 26.2. The van der Waals surface area contributed by atoms with Crippen molar-refractivity contribution >= 4 is 76.4 Å². The highest BCUT2D eigenvalue weighted by Gasteiger charge is 2.22. The van der Waals surface area contributed by atoms with E-state index in [1.807, 2.05) is 24.3 Å². The average molecular weight is 627 g/mol. The second-order valence-corrected chi connectivity index (χ2v) is 12.8.